The van der Waals surface area contributed by atoms with Gasteiger partial charge in [0.2, 0.25) is 0 Å². The van der Waals surface area contributed by atoms with Crippen LogP contribution in [0.3, 0.4) is 0 Å². The Kier molecular flexibility index (Phi) is 4.91. The number of fused-ring (bicyclic) bond motifs is 4. The highest BCUT2D eigenvalue weighted by molar-refractivity contribution is 5.81. The van der Waals surface area contributed by atoms with Crippen molar-refractivity contribution in [2.45, 2.75) is 46.0 Å². The van der Waals surface area contributed by atoms with Gasteiger partial charge in [-0.15, -0.1) is 0 Å². The van der Waals surface area contributed by atoms with Crippen molar-refractivity contribution in [3.63, 3.8) is 0 Å². The average Bonchev–Trinajstić information content (AvgIpc) is 3.41. The van der Waals surface area contributed by atoms with Crippen molar-refractivity contribution in [3.8, 4) is 28.2 Å². The van der Waals surface area contributed by atoms with E-state index in [1.807, 2.05) is 0 Å². The number of nitrogens with one attached hydrogen (secondary N) is 1. The number of nitrogens with zero attached hydrogens (tertiary/aromatic N) is 1. The lowest BCUT2D eigenvalue weighted by Gasteiger charge is -2.18. The molecule has 0 unspecified atom stereocenters. The molecule has 2 nitrogen and oxygen atoms in total. The first-order valence-electron chi connectivity index (χ1n) is 12.4. The quantitative estimate of drug-likeness (QED) is 0.267. The Morgan fingerprint density at radius 3 is 2.12 bits per heavy atom. The number of aromatic amines is 1. The van der Waals surface area contributed by atoms with Gasteiger partial charge < -0.3 is 0 Å². The summed E-state index contributed by atoms with van der Waals surface area (Å²) in [5.74, 6) is 2.00. The third-order valence-electron chi connectivity index (χ3n) is 7.25. The van der Waals surface area contributed by atoms with E-state index in [0.29, 0.717) is 11.8 Å². The zero-order chi connectivity index (χ0) is 23.4. The Morgan fingerprint density at radius 2 is 1.35 bits per heavy atom. The Morgan fingerprint density at radius 1 is 0.676 bits per heavy atom. The van der Waals surface area contributed by atoms with Gasteiger partial charge in [0.15, 0.2) is 11.0 Å². The lowest BCUT2D eigenvalue weighted by molar-refractivity contribution is -0.556. The average molecular weight is 444 g/mol. The van der Waals surface area contributed by atoms with Gasteiger partial charge in [-0.2, -0.15) is 4.57 Å². The van der Waals surface area contributed by atoms with Crippen LogP contribution in [0.2, 0.25) is 0 Å². The highest BCUT2D eigenvalue weighted by Gasteiger charge is 2.29. The van der Waals surface area contributed by atoms with Gasteiger partial charge >= 0.3 is 0 Å². The maximum atomic E-state index is 3.79. The predicted octanol–water partition coefficient (Wildman–Crippen LogP) is 7.93. The van der Waals surface area contributed by atoms with Gasteiger partial charge in [-0.25, -0.2) is 4.98 Å². The third kappa shape index (κ3) is 3.20. The van der Waals surface area contributed by atoms with Gasteiger partial charge in [0, 0.05) is 11.1 Å². The fourth-order valence-electron chi connectivity index (χ4n) is 5.57. The topological polar surface area (TPSA) is 19.7 Å². The van der Waals surface area contributed by atoms with Crippen molar-refractivity contribution < 1.29 is 4.57 Å². The lowest BCUT2D eigenvalue weighted by atomic mass is 9.92. The van der Waals surface area contributed by atoms with Crippen molar-refractivity contribution in [2.75, 3.05) is 0 Å². The van der Waals surface area contributed by atoms with E-state index in [9.17, 15) is 0 Å². The number of rotatable bonds is 4. The van der Waals surface area contributed by atoms with Gasteiger partial charge in [-0.05, 0) is 64.8 Å². The van der Waals surface area contributed by atoms with E-state index in [1.54, 1.807) is 0 Å². The van der Waals surface area contributed by atoms with Gasteiger partial charge in [0.1, 0.15) is 5.69 Å². The molecular weight excluding hydrogens is 412 g/mol. The molecule has 0 atom stereocenters. The summed E-state index contributed by atoms with van der Waals surface area (Å²) in [7, 11) is 0. The second kappa shape index (κ2) is 7.99. The van der Waals surface area contributed by atoms with E-state index >= 15 is 0 Å². The highest BCUT2D eigenvalue weighted by atomic mass is 15.1. The van der Waals surface area contributed by atoms with Crippen LogP contribution in [0.5, 0.6) is 0 Å². The van der Waals surface area contributed by atoms with Crippen molar-refractivity contribution >= 4 is 11.0 Å². The molecule has 34 heavy (non-hydrogen) atoms. The van der Waals surface area contributed by atoms with Crippen LogP contribution in [0.15, 0.2) is 84.9 Å². The molecule has 0 saturated heterocycles. The molecule has 0 aliphatic heterocycles. The third-order valence-corrected chi connectivity index (χ3v) is 7.25. The number of aromatic nitrogens is 2. The van der Waals surface area contributed by atoms with E-state index in [4.69, 9.17) is 0 Å². The minimum atomic E-state index is 0.428. The molecule has 1 aliphatic rings. The normalized spacial score (nSPS) is 12.5. The molecule has 4 aromatic carbocycles. The summed E-state index contributed by atoms with van der Waals surface area (Å²) in [4.78, 5) is 3.79. The molecular formula is C32H31N2+. The van der Waals surface area contributed by atoms with Gasteiger partial charge in [0.25, 0.3) is 5.82 Å². The molecule has 0 bridgehead atoms. The van der Waals surface area contributed by atoms with Crippen LogP contribution >= 0.6 is 0 Å². The molecule has 5 aromatic rings. The standard InChI is InChI=1S/C32H30N2/c1-20(2)25-12-9-13-26(21(3)4)31(25)34-30-15-8-7-14-29(30)33-32(34)23-16-17-28-24(19-23)18-22-10-5-6-11-27(22)28/h5-17,19-21H,18H2,1-4H3/p+1. The lowest BCUT2D eigenvalue weighted by Crippen LogP contribution is -2.35. The number of hydrogen-bond acceptors (Lipinski definition) is 0. The first-order valence-corrected chi connectivity index (χ1v) is 12.4. The number of imidazole rings is 1. The Balaban J connectivity index is 1.63. The summed E-state index contributed by atoms with van der Waals surface area (Å²) >= 11 is 0. The summed E-state index contributed by atoms with van der Waals surface area (Å²) < 4.78 is 2.48. The number of H-pyrrole nitrogens is 1. The number of hydrogen-bond donors (Lipinski definition) is 1. The second-order valence-corrected chi connectivity index (χ2v) is 10.1. The molecule has 1 heterocycles. The Bertz CT molecular complexity index is 1510. The molecule has 168 valence electrons. The zero-order valence-electron chi connectivity index (χ0n) is 20.4. The van der Waals surface area contributed by atoms with Crippen molar-refractivity contribution in [1.82, 2.24) is 4.98 Å². The molecule has 1 aromatic heterocycles. The fourth-order valence-corrected chi connectivity index (χ4v) is 5.57. The van der Waals surface area contributed by atoms with Crippen molar-refractivity contribution in [3.05, 3.63) is 107 Å². The minimum Gasteiger partial charge on any atom is -0.236 e. The van der Waals surface area contributed by atoms with Gasteiger partial charge in [0.05, 0.1) is 5.56 Å². The predicted molar refractivity (Wildman–Crippen MR) is 142 cm³/mol. The largest absolute Gasteiger partial charge is 0.292 e. The van der Waals surface area contributed by atoms with E-state index in [1.165, 1.54) is 50.1 Å². The molecule has 0 saturated carbocycles. The van der Waals surface area contributed by atoms with E-state index in [0.717, 1.165) is 17.8 Å². The van der Waals surface area contributed by atoms with Gasteiger partial charge in [-0.1, -0.05) is 88.4 Å². The van der Waals surface area contributed by atoms with Crippen LogP contribution in [0, 0.1) is 0 Å². The van der Waals surface area contributed by atoms with E-state index < -0.39 is 0 Å². The molecule has 6 rings (SSSR count). The molecule has 0 radical (unpaired) electrons. The molecule has 1 aliphatic carbocycles. The Hall–Kier alpha value is -3.65. The molecule has 1 N–H and O–H groups in total. The van der Waals surface area contributed by atoms with Gasteiger partial charge in [-0.3, -0.25) is 0 Å². The second-order valence-electron chi connectivity index (χ2n) is 10.1. The van der Waals surface area contributed by atoms with Crippen LogP contribution < -0.4 is 4.57 Å². The number of para-hydroxylation sites is 3. The smallest absolute Gasteiger partial charge is 0.236 e. The maximum absolute atomic E-state index is 3.79. The molecule has 0 fully saturated rings. The van der Waals surface area contributed by atoms with Crippen molar-refractivity contribution in [2.24, 2.45) is 0 Å². The van der Waals surface area contributed by atoms with Crippen LogP contribution in [0.4, 0.5) is 0 Å². The summed E-state index contributed by atoms with van der Waals surface area (Å²) in [5, 5.41) is 0. The molecule has 0 spiro atoms. The number of benzene rings is 4. The fraction of sp³-hybridized carbons (Fsp3) is 0.219. The Labute approximate surface area is 201 Å². The molecule has 2 heteroatoms. The maximum Gasteiger partial charge on any atom is 0.292 e. The van der Waals surface area contributed by atoms with Crippen LogP contribution in [-0.4, -0.2) is 4.98 Å². The highest BCUT2D eigenvalue weighted by Crippen LogP contribution is 2.39. The van der Waals surface area contributed by atoms with E-state index in [-0.39, 0.29) is 0 Å². The summed E-state index contributed by atoms with van der Waals surface area (Å²) in [6.07, 6.45) is 0.999. The zero-order valence-corrected chi connectivity index (χ0v) is 20.4. The minimum absolute atomic E-state index is 0.428. The summed E-state index contributed by atoms with van der Waals surface area (Å²) in [6.45, 7) is 9.19. The monoisotopic (exact) mass is 443 g/mol. The van der Waals surface area contributed by atoms with Crippen molar-refractivity contribution in [1.29, 1.82) is 0 Å². The van der Waals surface area contributed by atoms with Crippen LogP contribution in [0.1, 0.15) is 61.8 Å². The summed E-state index contributed by atoms with van der Waals surface area (Å²) in [5.41, 5.74) is 13.3. The first kappa shape index (κ1) is 20.9. The van der Waals surface area contributed by atoms with Crippen LogP contribution in [-0.2, 0) is 6.42 Å². The summed E-state index contributed by atoms with van der Waals surface area (Å²) in [6, 6.07) is 31.3. The SMILES string of the molecule is CC(C)c1cccc(C(C)C)c1-[n+]1c(-c2ccc3c(c2)Cc2ccccc2-3)[nH]c2ccccc21. The van der Waals surface area contributed by atoms with Crippen LogP contribution in [0.25, 0.3) is 39.2 Å². The van der Waals surface area contributed by atoms with E-state index in [2.05, 4.69) is 122 Å². The first-order chi connectivity index (χ1) is 16.5. The molecule has 0 amide bonds.